The molecule has 0 rings (SSSR count). The van der Waals surface area contributed by atoms with Crippen molar-refractivity contribution in [3.8, 4) is 0 Å². The maximum Gasteiger partial charge on any atom is 0.500 e. The highest BCUT2D eigenvalue weighted by molar-refractivity contribution is 6.60. The van der Waals surface area contributed by atoms with E-state index in [1.807, 2.05) is 0 Å². The minimum absolute atomic E-state index is 0.439. The van der Waals surface area contributed by atoms with Gasteiger partial charge in [-0.1, -0.05) is 0 Å². The van der Waals surface area contributed by atoms with Gasteiger partial charge in [-0.25, -0.2) is 0 Å². The summed E-state index contributed by atoms with van der Waals surface area (Å²) in [4.78, 5) is 3.78. The third kappa shape index (κ3) is 5.12. The highest BCUT2D eigenvalue weighted by Crippen LogP contribution is 2.14. The van der Waals surface area contributed by atoms with E-state index < -0.39 is 8.80 Å². The van der Waals surface area contributed by atoms with Crippen molar-refractivity contribution in [3.05, 3.63) is 0 Å². The molecule has 0 unspecified atom stereocenters. The maximum absolute atomic E-state index is 5.48. The first-order valence-electron chi connectivity index (χ1n) is 4.75. The first-order valence-corrected chi connectivity index (χ1v) is 6.69. The normalized spacial score (nSPS) is 12.9. The molecule has 7 heteroatoms. The summed E-state index contributed by atoms with van der Waals surface area (Å²) < 4.78 is 15.8. The zero-order valence-electron chi connectivity index (χ0n) is 9.87. The van der Waals surface area contributed by atoms with Crippen LogP contribution in [-0.4, -0.2) is 49.7 Å². The van der Waals surface area contributed by atoms with Gasteiger partial charge in [0.15, 0.2) is 5.96 Å². The van der Waals surface area contributed by atoms with Crippen molar-refractivity contribution >= 4 is 14.8 Å². The third-order valence-electron chi connectivity index (χ3n) is 2.14. The summed E-state index contributed by atoms with van der Waals surface area (Å²) in [5, 5.41) is 2.96. The van der Waals surface area contributed by atoms with Crippen LogP contribution in [0.15, 0.2) is 4.99 Å². The van der Waals surface area contributed by atoms with E-state index in [0.29, 0.717) is 5.96 Å². The Morgan fingerprint density at radius 1 is 1.27 bits per heavy atom. The Morgan fingerprint density at radius 3 is 2.20 bits per heavy atom. The number of rotatable bonds is 7. The number of nitrogens with two attached hydrogens (primary N) is 1. The highest BCUT2D eigenvalue weighted by Gasteiger charge is 2.36. The fourth-order valence-electron chi connectivity index (χ4n) is 1.16. The lowest BCUT2D eigenvalue weighted by atomic mass is 10.5. The average Bonchev–Trinajstić information content (AvgIpc) is 2.30. The minimum atomic E-state index is -2.42. The van der Waals surface area contributed by atoms with Gasteiger partial charge in [0.05, 0.1) is 0 Å². The summed E-state index contributed by atoms with van der Waals surface area (Å²) in [5.74, 6) is 0.439. The predicted molar refractivity (Wildman–Crippen MR) is 61.8 cm³/mol. The van der Waals surface area contributed by atoms with Crippen molar-refractivity contribution in [2.45, 2.75) is 12.5 Å². The standard InChI is InChI=1S/C8H21N3O3Si/c1-10-8(9)11-6-5-7-15(12-2,13-3)14-4/h5-7H2,1-4H3,(H3,9,10,11). The van der Waals surface area contributed by atoms with Gasteiger partial charge in [0.1, 0.15) is 0 Å². The maximum atomic E-state index is 5.48. The van der Waals surface area contributed by atoms with E-state index in [9.17, 15) is 0 Å². The van der Waals surface area contributed by atoms with E-state index in [-0.39, 0.29) is 0 Å². The first-order chi connectivity index (χ1) is 7.14. The summed E-state index contributed by atoms with van der Waals surface area (Å²) >= 11 is 0. The fourth-order valence-corrected chi connectivity index (χ4v) is 2.88. The van der Waals surface area contributed by atoms with Crippen LogP contribution in [0.5, 0.6) is 0 Å². The largest absolute Gasteiger partial charge is 0.500 e. The lowest BCUT2D eigenvalue weighted by molar-refractivity contribution is 0.123. The van der Waals surface area contributed by atoms with Crippen molar-refractivity contribution in [3.63, 3.8) is 0 Å². The summed E-state index contributed by atoms with van der Waals surface area (Å²) in [6.07, 6.45) is 0.859. The van der Waals surface area contributed by atoms with Crippen molar-refractivity contribution < 1.29 is 13.3 Å². The van der Waals surface area contributed by atoms with Crippen LogP contribution >= 0.6 is 0 Å². The molecular formula is C8H21N3O3Si. The molecule has 0 aliphatic heterocycles. The van der Waals surface area contributed by atoms with E-state index in [4.69, 9.17) is 19.0 Å². The van der Waals surface area contributed by atoms with Gasteiger partial charge in [-0.15, -0.1) is 0 Å². The smallest absolute Gasteiger partial charge is 0.377 e. The molecule has 0 radical (unpaired) electrons. The number of hydrogen-bond acceptors (Lipinski definition) is 4. The van der Waals surface area contributed by atoms with Gasteiger partial charge in [0.2, 0.25) is 0 Å². The highest BCUT2D eigenvalue weighted by atomic mass is 28.4. The second-order valence-corrected chi connectivity index (χ2v) is 6.03. The number of nitrogens with one attached hydrogen (secondary N) is 1. The van der Waals surface area contributed by atoms with Crippen LogP contribution in [0.25, 0.3) is 0 Å². The summed E-state index contributed by atoms with van der Waals surface area (Å²) in [6, 6.07) is 0.750. The molecule has 0 saturated carbocycles. The van der Waals surface area contributed by atoms with E-state index in [0.717, 1.165) is 19.0 Å². The Hall–Kier alpha value is -0.633. The molecule has 0 aromatic rings. The molecule has 6 nitrogen and oxygen atoms in total. The Bertz CT molecular complexity index is 189. The molecule has 0 bridgehead atoms. The fraction of sp³-hybridized carbons (Fsp3) is 0.875. The van der Waals surface area contributed by atoms with Crippen LogP contribution in [0.4, 0.5) is 0 Å². The van der Waals surface area contributed by atoms with E-state index in [2.05, 4.69) is 10.3 Å². The number of guanidine groups is 1. The molecule has 0 aromatic heterocycles. The van der Waals surface area contributed by atoms with Gasteiger partial charge in [-0.3, -0.25) is 4.99 Å². The molecule has 0 amide bonds. The van der Waals surface area contributed by atoms with Gasteiger partial charge in [0.25, 0.3) is 0 Å². The zero-order chi connectivity index (χ0) is 11.7. The van der Waals surface area contributed by atoms with Crippen molar-refractivity contribution in [2.75, 3.05) is 34.9 Å². The molecule has 0 spiro atoms. The first kappa shape index (κ1) is 14.4. The Balaban J connectivity index is 3.81. The van der Waals surface area contributed by atoms with E-state index >= 15 is 0 Å². The zero-order valence-corrected chi connectivity index (χ0v) is 10.9. The molecule has 0 saturated heterocycles. The van der Waals surface area contributed by atoms with Gasteiger partial charge >= 0.3 is 8.80 Å². The molecule has 0 fully saturated rings. The van der Waals surface area contributed by atoms with Crippen LogP contribution in [-0.2, 0) is 13.3 Å². The second kappa shape index (κ2) is 7.63. The summed E-state index contributed by atoms with van der Waals surface area (Å²) in [6.45, 7) is 0.730. The summed E-state index contributed by atoms with van der Waals surface area (Å²) in [5.41, 5.74) is 5.48. The molecule has 0 atom stereocenters. The molecule has 90 valence electrons. The molecule has 3 N–H and O–H groups in total. The minimum Gasteiger partial charge on any atom is -0.377 e. The lowest BCUT2D eigenvalue weighted by Gasteiger charge is -2.24. The predicted octanol–water partition coefficient (Wildman–Crippen LogP) is -0.211. The van der Waals surface area contributed by atoms with Gasteiger partial charge in [-0.05, 0) is 6.42 Å². The molecule has 0 aliphatic carbocycles. The van der Waals surface area contributed by atoms with E-state index in [1.165, 1.54) is 0 Å². The Kier molecular flexibility index (Phi) is 7.31. The number of nitrogens with zero attached hydrogens (tertiary/aromatic N) is 1. The molecule has 0 aromatic carbocycles. The third-order valence-corrected chi connectivity index (χ3v) is 4.97. The van der Waals surface area contributed by atoms with Gasteiger partial charge in [-0.2, -0.15) is 0 Å². The molecular weight excluding hydrogens is 214 g/mol. The monoisotopic (exact) mass is 235 g/mol. The lowest BCUT2D eigenvalue weighted by Crippen LogP contribution is -2.43. The number of aliphatic imine (C=N–C) groups is 1. The summed E-state index contributed by atoms with van der Waals surface area (Å²) in [7, 11) is 4.04. The average molecular weight is 235 g/mol. The molecule has 0 aliphatic rings. The second-order valence-electron chi connectivity index (χ2n) is 2.93. The van der Waals surface area contributed by atoms with Crippen LogP contribution in [0.2, 0.25) is 6.04 Å². The Morgan fingerprint density at radius 2 is 1.80 bits per heavy atom. The van der Waals surface area contributed by atoms with Crippen LogP contribution in [0, 0.1) is 0 Å². The van der Waals surface area contributed by atoms with Gasteiger partial charge < -0.3 is 24.3 Å². The van der Waals surface area contributed by atoms with Crippen molar-refractivity contribution in [2.24, 2.45) is 10.7 Å². The Labute approximate surface area is 92.2 Å². The quantitative estimate of drug-likeness (QED) is 0.276. The molecule has 0 heterocycles. The van der Waals surface area contributed by atoms with Crippen LogP contribution in [0.3, 0.4) is 0 Å². The van der Waals surface area contributed by atoms with E-state index in [1.54, 1.807) is 28.4 Å². The van der Waals surface area contributed by atoms with Crippen LogP contribution < -0.4 is 11.1 Å². The van der Waals surface area contributed by atoms with Crippen molar-refractivity contribution in [1.29, 1.82) is 0 Å². The SMILES string of the molecule is CN=C(N)NCCC[Si](OC)(OC)OC. The van der Waals surface area contributed by atoms with Crippen molar-refractivity contribution in [1.82, 2.24) is 5.32 Å². The topological polar surface area (TPSA) is 78.1 Å². The number of hydrogen-bond donors (Lipinski definition) is 2. The molecule has 15 heavy (non-hydrogen) atoms. The van der Waals surface area contributed by atoms with Gasteiger partial charge in [0, 0.05) is 41.0 Å². The van der Waals surface area contributed by atoms with Crippen LogP contribution in [0.1, 0.15) is 6.42 Å².